The summed E-state index contributed by atoms with van der Waals surface area (Å²) in [6.07, 6.45) is 12.8. The predicted octanol–water partition coefficient (Wildman–Crippen LogP) is -2.32. The number of ether oxygens (including phenoxy) is 1. The molecular weight excluding hydrogens is 795 g/mol. The van der Waals surface area contributed by atoms with Crippen LogP contribution in [0.4, 0.5) is 0 Å². The van der Waals surface area contributed by atoms with Gasteiger partial charge in [0.05, 0.1) is 54.2 Å². The molecule has 0 spiro atoms. The van der Waals surface area contributed by atoms with Crippen molar-refractivity contribution in [3.63, 3.8) is 0 Å². The van der Waals surface area contributed by atoms with Crippen LogP contribution in [-0.4, -0.2) is 116 Å². The molecule has 0 radical (unpaired) electrons. The number of quaternary nitrogens is 2. The Kier molecular flexibility index (Phi) is 43.5. The van der Waals surface area contributed by atoms with Crippen LogP contribution in [0, 0.1) is 0 Å². The van der Waals surface area contributed by atoms with Crippen molar-refractivity contribution in [2.24, 2.45) is 0 Å². The van der Waals surface area contributed by atoms with E-state index >= 15 is 0 Å². The Hall–Kier alpha value is 2.86. The second-order valence-electron chi connectivity index (χ2n) is 11.2. The van der Waals surface area contributed by atoms with Crippen molar-refractivity contribution in [3.8, 4) is 0 Å². The topological polar surface area (TPSA) is 73.4 Å². The number of carbonyl (C=O) groups excluding carboxylic acids is 2. The molecule has 2 heterocycles. The number of halogens is 3. The maximum atomic E-state index is 11.5. The van der Waals surface area contributed by atoms with Crippen LogP contribution in [0.25, 0.3) is 0 Å². The molecule has 2 aliphatic heterocycles. The summed E-state index contributed by atoms with van der Waals surface area (Å²) in [5.41, 5.74) is 0. The number of likely N-dealkylation sites (N-methyl/N-ethyl adjacent to an activating group) is 1. The van der Waals surface area contributed by atoms with Crippen LogP contribution in [-0.2, 0) is 14.3 Å². The first-order valence-corrected chi connectivity index (χ1v) is 19.1. The summed E-state index contributed by atoms with van der Waals surface area (Å²) < 4.78 is 7.11. The van der Waals surface area contributed by atoms with Gasteiger partial charge in [-0.2, -0.15) is 6.42 Å². The van der Waals surface area contributed by atoms with E-state index in [1.807, 2.05) is 49.5 Å². The molecule has 0 aromatic heterocycles. The van der Waals surface area contributed by atoms with Gasteiger partial charge in [-0.05, 0) is 32.1 Å². The molecule has 0 amide bonds. The van der Waals surface area contributed by atoms with Crippen molar-refractivity contribution in [2.45, 2.75) is 74.7 Å². The quantitative estimate of drug-likeness (QED) is 0.0347. The molecule has 0 aromatic rings. The van der Waals surface area contributed by atoms with E-state index in [2.05, 4.69) is 58.2 Å². The van der Waals surface area contributed by atoms with Crippen LogP contribution in [0.5, 0.6) is 0 Å². The summed E-state index contributed by atoms with van der Waals surface area (Å²) in [6, 6.07) is 0. The van der Waals surface area contributed by atoms with Crippen LogP contribution in [0.15, 0.2) is 0 Å². The Bertz CT molecular complexity index is 567. The molecule has 0 aliphatic carbocycles. The average molecular weight is 849 g/mol. The van der Waals surface area contributed by atoms with E-state index in [-0.39, 0.29) is 75.0 Å². The molecule has 0 aromatic carbocycles. The van der Waals surface area contributed by atoms with Crippen LogP contribution >= 0.6 is 59.1 Å². The van der Waals surface area contributed by atoms with E-state index < -0.39 is 0 Å². The number of carbonyl (C=O) groups is 1. The molecule has 2 fully saturated rings. The summed E-state index contributed by atoms with van der Waals surface area (Å²) in [4.78, 5) is 21.4. The van der Waals surface area contributed by atoms with Gasteiger partial charge in [-0.25, -0.2) is 0 Å². The van der Waals surface area contributed by atoms with Crippen molar-refractivity contribution in [1.29, 1.82) is 0 Å². The standard InChI is InChI=1S/C13H26NO2S2.C8H13OS2.C5H13BrN.2BrH.Na.H2O/c1-14(2,3)9-10-16-13(15)7-5-4-6-12-8-11-17-18-12;9-6-3-1-2-4-8-5-7-10-11-8;1-7(2,3)5-4-6;;;;/h12H,4-11H2,1-3H3;8H,1-5,7H2;4-5H2,1-3H3;2*1H;;1H2/q+1;-1;+1;;;+1;/p-3/t12-;8-;;;;;/m11...../s1. The summed E-state index contributed by atoms with van der Waals surface area (Å²) in [5.74, 6) is 2.58. The van der Waals surface area contributed by atoms with Gasteiger partial charge in [-0.1, -0.05) is 78.4 Å². The first kappa shape index (κ1) is 52.4. The molecule has 2 saturated heterocycles. The third-order valence-corrected chi connectivity index (χ3v) is 11.8. The molecule has 6 nitrogen and oxygen atoms in total. The number of esters is 1. The Morgan fingerprint density at radius 3 is 1.68 bits per heavy atom. The molecule has 0 bridgehead atoms. The molecule has 14 heteroatoms. The third-order valence-electron chi connectivity index (χ3n) is 5.45. The number of unbranched alkanes of at least 4 members (excludes halogenated alkanes) is 3. The van der Waals surface area contributed by atoms with E-state index in [0.29, 0.717) is 19.4 Å². The number of alkyl halides is 1. The molecular formula is C26H53Br3N2NaO4S4-. The first-order chi connectivity index (χ1) is 17.0. The van der Waals surface area contributed by atoms with Crippen LogP contribution < -0.4 is 63.5 Å². The molecule has 2 rings (SSSR count). The SMILES string of the molecule is C[N+](C)(C)CCBr.C[N+](C)(C)CCOC(=O)CCCC[C@@H]1CCSS1.O=[C-]CCCC[C@@H]1CCSS1.[Br-].[Br-].[Na+].[OH-]. The Morgan fingerprint density at radius 1 is 0.850 bits per heavy atom. The zero-order valence-corrected chi connectivity index (χ0v) is 35.8. The van der Waals surface area contributed by atoms with Crippen molar-refractivity contribution < 1.29 is 92.3 Å². The number of rotatable bonds is 15. The van der Waals surface area contributed by atoms with Gasteiger partial charge < -0.3 is 57.9 Å². The predicted molar refractivity (Wildman–Crippen MR) is 172 cm³/mol. The second-order valence-corrected chi connectivity index (χ2v) is 17.6. The van der Waals surface area contributed by atoms with Crippen LogP contribution in [0.3, 0.4) is 0 Å². The molecule has 0 saturated carbocycles. The van der Waals surface area contributed by atoms with E-state index in [9.17, 15) is 9.59 Å². The zero-order valence-electron chi connectivity index (χ0n) is 25.8. The van der Waals surface area contributed by atoms with Gasteiger partial charge in [0.2, 0.25) is 0 Å². The minimum Gasteiger partial charge on any atom is -1.00 e. The Balaban J connectivity index is -0.000000161. The van der Waals surface area contributed by atoms with E-state index in [1.165, 1.54) is 50.2 Å². The minimum atomic E-state index is -0.0306. The Morgan fingerprint density at radius 2 is 1.32 bits per heavy atom. The van der Waals surface area contributed by atoms with Gasteiger partial charge in [-0.15, -0.1) is 0 Å². The number of hydrogen-bond donors (Lipinski definition) is 0. The summed E-state index contributed by atoms with van der Waals surface area (Å²) in [7, 11) is 20.9. The number of nitrogens with zero attached hydrogens (tertiary/aromatic N) is 2. The molecule has 0 unspecified atom stereocenters. The van der Waals surface area contributed by atoms with Gasteiger partial charge >= 0.3 is 35.5 Å². The maximum Gasteiger partial charge on any atom is 1.00 e. The fourth-order valence-corrected chi connectivity index (χ4v) is 10.2. The molecule has 238 valence electrons. The monoisotopic (exact) mass is 845 g/mol. The molecule has 1 N–H and O–H groups in total. The third kappa shape index (κ3) is 38.9. The fraction of sp³-hybridized carbons (Fsp3) is 0.923. The van der Waals surface area contributed by atoms with E-state index in [0.717, 1.165) is 50.6 Å². The van der Waals surface area contributed by atoms with Crippen LogP contribution in [0.2, 0.25) is 0 Å². The normalized spacial score (nSPS) is 17.7. The van der Waals surface area contributed by atoms with Crippen LogP contribution in [0.1, 0.15) is 64.2 Å². The smallest absolute Gasteiger partial charge is 1.00 e. The summed E-state index contributed by atoms with van der Waals surface area (Å²) in [5, 5.41) is 2.78. The van der Waals surface area contributed by atoms with Gasteiger partial charge in [-0.3, -0.25) is 11.1 Å². The molecule has 40 heavy (non-hydrogen) atoms. The van der Waals surface area contributed by atoms with Gasteiger partial charge in [0.15, 0.2) is 0 Å². The van der Waals surface area contributed by atoms with Crippen molar-refractivity contribution in [2.75, 3.05) is 78.8 Å². The zero-order chi connectivity index (χ0) is 27.3. The van der Waals surface area contributed by atoms with Crippen molar-refractivity contribution in [3.05, 3.63) is 0 Å². The molecule has 2 atom stereocenters. The molecule has 2 aliphatic rings. The average Bonchev–Trinajstić information content (AvgIpc) is 3.48. The Labute approximate surface area is 313 Å². The maximum absolute atomic E-state index is 11.5. The first-order valence-electron chi connectivity index (χ1n) is 13.2. The number of hydrogen-bond acceptors (Lipinski definition) is 8. The van der Waals surface area contributed by atoms with Crippen molar-refractivity contribution in [1.82, 2.24) is 0 Å². The van der Waals surface area contributed by atoms with E-state index in [1.54, 1.807) is 0 Å². The minimum absolute atomic E-state index is 0. The fourth-order valence-electron chi connectivity index (χ4n) is 3.10. The van der Waals surface area contributed by atoms with Gasteiger partial charge in [0.25, 0.3) is 0 Å². The second kappa shape index (κ2) is 33.2. The largest absolute Gasteiger partial charge is 1.00 e. The van der Waals surface area contributed by atoms with Gasteiger partial charge in [0.1, 0.15) is 13.2 Å². The summed E-state index contributed by atoms with van der Waals surface area (Å²) in [6.45, 7) is 2.61. The van der Waals surface area contributed by atoms with Crippen molar-refractivity contribution >= 4 is 71.4 Å². The van der Waals surface area contributed by atoms with E-state index in [4.69, 9.17) is 4.74 Å². The van der Waals surface area contributed by atoms with Gasteiger partial charge in [0, 0.05) is 28.4 Å². The summed E-state index contributed by atoms with van der Waals surface area (Å²) >= 11 is 3.37.